The topological polar surface area (TPSA) is 50.4 Å². The molecule has 1 heterocycles. The first-order valence-corrected chi connectivity index (χ1v) is 6.47. The van der Waals surface area contributed by atoms with Gasteiger partial charge in [-0.3, -0.25) is 0 Å². The lowest BCUT2D eigenvalue weighted by Crippen LogP contribution is -1.91. The summed E-state index contributed by atoms with van der Waals surface area (Å²) in [6.45, 7) is 2.03. The molecular formula is C18H12O3. The van der Waals surface area contributed by atoms with Crippen molar-refractivity contribution in [3.63, 3.8) is 0 Å². The highest BCUT2D eigenvalue weighted by Crippen LogP contribution is 2.20. The van der Waals surface area contributed by atoms with Crippen molar-refractivity contribution in [2.75, 3.05) is 0 Å². The van der Waals surface area contributed by atoms with Crippen molar-refractivity contribution < 1.29 is 14.3 Å². The van der Waals surface area contributed by atoms with E-state index in [1.807, 2.05) is 43.3 Å². The van der Waals surface area contributed by atoms with Gasteiger partial charge in [-0.15, -0.1) is 0 Å². The molecule has 1 N–H and O–H groups in total. The molecular weight excluding hydrogens is 264 g/mol. The minimum Gasteiger partial charge on any atom is -0.475 e. The van der Waals surface area contributed by atoms with Gasteiger partial charge in [0.1, 0.15) is 5.58 Å². The molecule has 0 aliphatic rings. The molecule has 0 saturated carbocycles. The van der Waals surface area contributed by atoms with Crippen molar-refractivity contribution in [3.05, 3.63) is 71.0 Å². The number of carboxylic acids is 1. The molecule has 102 valence electrons. The minimum atomic E-state index is -1.07. The quantitative estimate of drug-likeness (QED) is 0.687. The number of rotatable bonds is 1. The van der Waals surface area contributed by atoms with Crippen LogP contribution in [-0.2, 0) is 0 Å². The summed E-state index contributed by atoms with van der Waals surface area (Å²) in [6, 6.07) is 14.9. The van der Waals surface area contributed by atoms with Crippen molar-refractivity contribution in [2.45, 2.75) is 6.92 Å². The van der Waals surface area contributed by atoms with Crippen LogP contribution in [0.2, 0.25) is 0 Å². The van der Waals surface area contributed by atoms with Gasteiger partial charge in [-0.1, -0.05) is 29.5 Å². The van der Waals surface area contributed by atoms with E-state index in [2.05, 4.69) is 11.8 Å². The fourth-order valence-electron chi connectivity index (χ4n) is 2.01. The molecule has 0 spiro atoms. The Morgan fingerprint density at radius 3 is 2.38 bits per heavy atom. The van der Waals surface area contributed by atoms with Gasteiger partial charge >= 0.3 is 5.97 Å². The number of benzene rings is 2. The molecule has 3 nitrogen and oxygen atoms in total. The number of hydrogen-bond acceptors (Lipinski definition) is 2. The monoisotopic (exact) mass is 276 g/mol. The Labute approximate surface area is 121 Å². The van der Waals surface area contributed by atoms with Crippen LogP contribution in [0.1, 0.15) is 27.2 Å². The summed E-state index contributed by atoms with van der Waals surface area (Å²) in [4.78, 5) is 10.9. The lowest BCUT2D eigenvalue weighted by atomic mass is 10.1. The summed E-state index contributed by atoms with van der Waals surface area (Å²) in [5.41, 5.74) is 3.51. The average Bonchev–Trinajstić information content (AvgIpc) is 2.90. The predicted molar refractivity (Wildman–Crippen MR) is 80.3 cm³/mol. The van der Waals surface area contributed by atoms with E-state index in [0.29, 0.717) is 5.58 Å². The fourth-order valence-corrected chi connectivity index (χ4v) is 2.01. The number of furan rings is 1. The Balaban J connectivity index is 1.94. The van der Waals surface area contributed by atoms with Crippen molar-refractivity contribution in [1.82, 2.24) is 0 Å². The van der Waals surface area contributed by atoms with Gasteiger partial charge in [-0.05, 0) is 43.3 Å². The molecule has 3 heteroatoms. The molecule has 21 heavy (non-hydrogen) atoms. The van der Waals surface area contributed by atoms with Crippen LogP contribution in [0.5, 0.6) is 0 Å². The first kappa shape index (κ1) is 13.0. The third-order valence-electron chi connectivity index (χ3n) is 3.13. The average molecular weight is 276 g/mol. The second-order valence-electron chi connectivity index (χ2n) is 4.78. The molecule has 0 unspecified atom stereocenters. The SMILES string of the molecule is Cc1ccc(C#Cc2ccc3oc(C(=O)O)cc3c2)cc1. The molecule has 0 aliphatic heterocycles. The Morgan fingerprint density at radius 1 is 1.00 bits per heavy atom. The number of carboxylic acid groups (broad SMARTS) is 1. The molecule has 0 bridgehead atoms. The zero-order valence-corrected chi connectivity index (χ0v) is 11.4. The van der Waals surface area contributed by atoms with Crippen molar-refractivity contribution in [2.24, 2.45) is 0 Å². The largest absolute Gasteiger partial charge is 0.475 e. The van der Waals surface area contributed by atoms with Crippen molar-refractivity contribution in [1.29, 1.82) is 0 Å². The van der Waals surface area contributed by atoms with Crippen molar-refractivity contribution in [3.8, 4) is 11.8 Å². The second-order valence-corrected chi connectivity index (χ2v) is 4.78. The Bertz CT molecular complexity index is 874. The van der Waals surface area contributed by atoms with Gasteiger partial charge in [-0.25, -0.2) is 4.79 Å². The summed E-state index contributed by atoms with van der Waals surface area (Å²) in [6.07, 6.45) is 0. The van der Waals surface area contributed by atoms with Crippen LogP contribution in [0.3, 0.4) is 0 Å². The summed E-state index contributed by atoms with van der Waals surface area (Å²) >= 11 is 0. The van der Waals surface area contributed by atoms with E-state index in [1.54, 1.807) is 6.07 Å². The molecule has 0 radical (unpaired) electrons. The maximum atomic E-state index is 10.9. The third kappa shape index (κ3) is 2.80. The van der Waals surface area contributed by atoms with Crippen LogP contribution in [0.25, 0.3) is 11.0 Å². The highest BCUT2D eigenvalue weighted by molar-refractivity contribution is 5.91. The summed E-state index contributed by atoms with van der Waals surface area (Å²) in [5, 5.41) is 9.65. The molecule has 0 atom stereocenters. The van der Waals surface area contributed by atoms with E-state index >= 15 is 0 Å². The first-order valence-electron chi connectivity index (χ1n) is 6.47. The molecule has 0 saturated heterocycles. The number of fused-ring (bicyclic) bond motifs is 1. The predicted octanol–water partition coefficient (Wildman–Crippen LogP) is 3.84. The summed E-state index contributed by atoms with van der Waals surface area (Å²) in [5.74, 6) is 5.03. The lowest BCUT2D eigenvalue weighted by molar-refractivity contribution is 0.0665. The number of carbonyl (C=O) groups is 1. The van der Waals surface area contributed by atoms with E-state index in [1.165, 1.54) is 11.6 Å². The fraction of sp³-hybridized carbons (Fsp3) is 0.0556. The molecule has 3 rings (SSSR count). The third-order valence-corrected chi connectivity index (χ3v) is 3.13. The van der Waals surface area contributed by atoms with Crippen molar-refractivity contribution >= 4 is 16.9 Å². The van der Waals surface area contributed by atoms with E-state index in [9.17, 15) is 4.79 Å². The summed E-state index contributed by atoms with van der Waals surface area (Å²) in [7, 11) is 0. The Kier molecular flexibility index (Phi) is 3.21. The summed E-state index contributed by atoms with van der Waals surface area (Å²) < 4.78 is 5.21. The highest BCUT2D eigenvalue weighted by Gasteiger charge is 2.09. The van der Waals surface area contributed by atoms with Crippen LogP contribution in [-0.4, -0.2) is 11.1 Å². The second kappa shape index (κ2) is 5.18. The minimum absolute atomic E-state index is 0.0614. The Morgan fingerprint density at radius 2 is 1.67 bits per heavy atom. The van der Waals surface area contributed by atoms with E-state index in [4.69, 9.17) is 9.52 Å². The number of aryl methyl sites for hydroxylation is 1. The van der Waals surface area contributed by atoms with Crippen LogP contribution in [0, 0.1) is 18.8 Å². The normalized spacial score (nSPS) is 10.1. The van der Waals surface area contributed by atoms with Gasteiger partial charge in [0, 0.05) is 16.5 Å². The molecule has 1 aromatic heterocycles. The zero-order chi connectivity index (χ0) is 14.8. The Hall–Kier alpha value is -2.99. The molecule has 0 amide bonds. The maximum absolute atomic E-state index is 10.9. The van der Waals surface area contributed by atoms with Gasteiger partial charge in [0.05, 0.1) is 0 Å². The molecule has 0 fully saturated rings. The smallest absolute Gasteiger partial charge is 0.371 e. The van der Waals surface area contributed by atoms with E-state index < -0.39 is 5.97 Å². The standard InChI is InChI=1S/C18H12O3/c1-12-2-4-13(5-3-12)6-7-14-8-9-16-15(10-14)11-17(21-16)18(19)20/h2-5,8-11H,1H3,(H,19,20). The van der Waals surface area contributed by atoms with Gasteiger partial charge in [0.2, 0.25) is 5.76 Å². The lowest BCUT2D eigenvalue weighted by Gasteiger charge is -1.93. The van der Waals surface area contributed by atoms with Gasteiger partial charge in [-0.2, -0.15) is 0 Å². The van der Waals surface area contributed by atoms with Gasteiger partial charge in [0.25, 0.3) is 0 Å². The van der Waals surface area contributed by atoms with E-state index in [0.717, 1.165) is 16.5 Å². The zero-order valence-electron chi connectivity index (χ0n) is 11.4. The van der Waals surface area contributed by atoms with Crippen LogP contribution in [0.15, 0.2) is 52.9 Å². The first-order chi connectivity index (χ1) is 10.1. The van der Waals surface area contributed by atoms with Gasteiger partial charge in [0.15, 0.2) is 0 Å². The molecule has 2 aromatic carbocycles. The van der Waals surface area contributed by atoms with Gasteiger partial charge < -0.3 is 9.52 Å². The number of hydrogen-bond donors (Lipinski definition) is 1. The molecule has 0 aliphatic carbocycles. The van der Waals surface area contributed by atoms with Crippen LogP contribution in [0.4, 0.5) is 0 Å². The molecule has 3 aromatic rings. The van der Waals surface area contributed by atoms with E-state index in [-0.39, 0.29) is 5.76 Å². The number of aromatic carboxylic acids is 1. The maximum Gasteiger partial charge on any atom is 0.371 e. The van der Waals surface area contributed by atoms with Crippen LogP contribution >= 0.6 is 0 Å². The highest BCUT2D eigenvalue weighted by atomic mass is 16.4. The van der Waals surface area contributed by atoms with Crippen LogP contribution < -0.4 is 0 Å².